The van der Waals surface area contributed by atoms with Gasteiger partial charge in [0.25, 0.3) is 11.8 Å². The molecule has 1 saturated carbocycles. The fourth-order valence-corrected chi connectivity index (χ4v) is 3.41. The Balaban J connectivity index is 1.72. The highest BCUT2D eigenvalue weighted by molar-refractivity contribution is 7.12. The average Bonchev–Trinajstić information content (AvgIpc) is 3.09. The quantitative estimate of drug-likeness (QED) is 0.768. The van der Waals surface area contributed by atoms with Crippen molar-refractivity contribution in [3.63, 3.8) is 0 Å². The first-order chi connectivity index (χ1) is 11.5. The van der Waals surface area contributed by atoms with Gasteiger partial charge in [0.15, 0.2) is 6.10 Å². The summed E-state index contributed by atoms with van der Waals surface area (Å²) in [6.45, 7) is 3.41. The number of nitrogens with one attached hydrogen (secondary N) is 2. The predicted octanol–water partition coefficient (Wildman–Crippen LogP) is 2.10. The van der Waals surface area contributed by atoms with Crippen LogP contribution < -0.4 is 10.6 Å². The molecule has 1 aliphatic rings. The molecule has 132 valence electrons. The van der Waals surface area contributed by atoms with Crippen molar-refractivity contribution in [2.75, 3.05) is 6.54 Å². The number of thiophene rings is 1. The molecule has 6 nitrogen and oxygen atoms in total. The first-order valence-electron chi connectivity index (χ1n) is 8.29. The van der Waals surface area contributed by atoms with Gasteiger partial charge in [0.05, 0.1) is 4.88 Å². The summed E-state index contributed by atoms with van der Waals surface area (Å²) >= 11 is 1.29. The van der Waals surface area contributed by atoms with Gasteiger partial charge in [0.2, 0.25) is 0 Å². The van der Waals surface area contributed by atoms with Gasteiger partial charge >= 0.3 is 5.97 Å². The third kappa shape index (κ3) is 5.33. The second-order valence-electron chi connectivity index (χ2n) is 6.17. The fraction of sp³-hybridized carbons (Fsp3) is 0.588. The number of ether oxygens (including phenoxy) is 1. The topological polar surface area (TPSA) is 84.5 Å². The molecule has 0 aromatic carbocycles. The zero-order chi connectivity index (χ0) is 17.5. The zero-order valence-corrected chi connectivity index (χ0v) is 14.9. The number of esters is 1. The monoisotopic (exact) mass is 352 g/mol. The molecule has 1 aromatic rings. The third-order valence-corrected chi connectivity index (χ3v) is 5.12. The van der Waals surface area contributed by atoms with Gasteiger partial charge in [0.1, 0.15) is 6.54 Å². The largest absolute Gasteiger partial charge is 0.451 e. The molecular formula is C17H24N2O4S. The van der Waals surface area contributed by atoms with E-state index in [1.54, 1.807) is 24.4 Å². The molecule has 2 amide bonds. The van der Waals surface area contributed by atoms with E-state index in [-0.39, 0.29) is 24.4 Å². The predicted molar refractivity (Wildman–Crippen MR) is 91.8 cm³/mol. The summed E-state index contributed by atoms with van der Waals surface area (Å²) in [6, 6.07) is 3.58. The summed E-state index contributed by atoms with van der Waals surface area (Å²) in [4.78, 5) is 36.2. The third-order valence-electron chi connectivity index (χ3n) is 4.25. The maximum Gasteiger partial charge on any atom is 0.326 e. The number of rotatable bonds is 6. The molecule has 1 fully saturated rings. The Hall–Kier alpha value is -1.89. The van der Waals surface area contributed by atoms with Crippen LogP contribution in [0.4, 0.5) is 0 Å². The number of amides is 2. The van der Waals surface area contributed by atoms with Gasteiger partial charge in [-0.05, 0) is 37.1 Å². The van der Waals surface area contributed by atoms with E-state index >= 15 is 0 Å². The minimum Gasteiger partial charge on any atom is -0.451 e. The minimum absolute atomic E-state index is 0.144. The van der Waals surface area contributed by atoms with Gasteiger partial charge in [-0.25, -0.2) is 0 Å². The molecule has 2 N–H and O–H groups in total. The molecule has 24 heavy (non-hydrogen) atoms. The van der Waals surface area contributed by atoms with E-state index in [0.29, 0.717) is 10.8 Å². The van der Waals surface area contributed by atoms with Crippen LogP contribution in [-0.4, -0.2) is 36.5 Å². The summed E-state index contributed by atoms with van der Waals surface area (Å²) in [6.07, 6.45) is 3.50. The van der Waals surface area contributed by atoms with Gasteiger partial charge in [-0.15, -0.1) is 11.3 Å². The smallest absolute Gasteiger partial charge is 0.326 e. The van der Waals surface area contributed by atoms with Crippen molar-refractivity contribution in [2.24, 2.45) is 5.92 Å². The van der Waals surface area contributed by atoms with E-state index in [9.17, 15) is 14.4 Å². The molecule has 2 rings (SSSR count). The zero-order valence-electron chi connectivity index (χ0n) is 14.0. The molecule has 1 aliphatic carbocycles. The van der Waals surface area contributed by atoms with Crippen LogP contribution >= 0.6 is 11.3 Å². The molecular weight excluding hydrogens is 328 g/mol. The molecule has 1 heterocycles. The van der Waals surface area contributed by atoms with E-state index in [1.165, 1.54) is 17.8 Å². The highest BCUT2D eigenvalue weighted by Crippen LogP contribution is 2.23. The normalized spacial score (nSPS) is 21.6. The van der Waals surface area contributed by atoms with E-state index in [2.05, 4.69) is 17.6 Å². The van der Waals surface area contributed by atoms with Crippen molar-refractivity contribution >= 4 is 29.1 Å². The molecule has 0 aliphatic heterocycles. The van der Waals surface area contributed by atoms with Crippen molar-refractivity contribution in [1.82, 2.24) is 10.6 Å². The van der Waals surface area contributed by atoms with E-state index in [1.807, 2.05) is 0 Å². The van der Waals surface area contributed by atoms with Crippen molar-refractivity contribution < 1.29 is 19.1 Å². The number of hydrogen-bond donors (Lipinski definition) is 2. The van der Waals surface area contributed by atoms with Crippen molar-refractivity contribution in [1.29, 1.82) is 0 Å². The summed E-state index contributed by atoms with van der Waals surface area (Å²) in [5.41, 5.74) is 0. The second kappa shape index (κ2) is 8.82. The molecule has 0 spiro atoms. The minimum atomic E-state index is -0.870. The van der Waals surface area contributed by atoms with Crippen LogP contribution in [0.2, 0.25) is 0 Å². The van der Waals surface area contributed by atoms with Crippen molar-refractivity contribution in [2.45, 2.75) is 51.7 Å². The van der Waals surface area contributed by atoms with Gasteiger partial charge in [0, 0.05) is 6.04 Å². The Morgan fingerprint density at radius 3 is 2.75 bits per heavy atom. The summed E-state index contributed by atoms with van der Waals surface area (Å²) in [7, 11) is 0. The highest BCUT2D eigenvalue weighted by Gasteiger charge is 2.26. The van der Waals surface area contributed by atoms with Crippen LogP contribution in [0.15, 0.2) is 17.5 Å². The Morgan fingerprint density at radius 2 is 2.08 bits per heavy atom. The Bertz CT molecular complexity index is 573. The lowest BCUT2D eigenvalue weighted by Gasteiger charge is -2.30. The van der Waals surface area contributed by atoms with E-state index < -0.39 is 12.1 Å². The van der Waals surface area contributed by atoms with Crippen LogP contribution in [0.25, 0.3) is 0 Å². The first-order valence-corrected chi connectivity index (χ1v) is 9.17. The van der Waals surface area contributed by atoms with Crippen LogP contribution in [0.1, 0.15) is 49.2 Å². The molecule has 3 atom stereocenters. The number of carbonyl (C=O) groups excluding carboxylic acids is 3. The van der Waals surface area contributed by atoms with Gasteiger partial charge < -0.3 is 15.4 Å². The highest BCUT2D eigenvalue weighted by atomic mass is 32.1. The standard InChI is InChI=1S/C17H24N2O4S/c1-11-6-3-4-7-13(11)19-16(21)12(2)23-15(20)10-18-17(22)14-8-5-9-24-14/h5,8-9,11-13H,3-4,6-7,10H2,1-2H3,(H,18,22)(H,19,21)/t11-,12+,13+/m0/s1. The fourth-order valence-electron chi connectivity index (χ4n) is 2.77. The Labute approximate surface area is 146 Å². The Morgan fingerprint density at radius 1 is 1.33 bits per heavy atom. The summed E-state index contributed by atoms with van der Waals surface area (Å²) in [5.74, 6) is -0.795. The molecule has 0 unspecified atom stereocenters. The van der Waals surface area contributed by atoms with Crippen LogP contribution in [0.3, 0.4) is 0 Å². The van der Waals surface area contributed by atoms with Gasteiger partial charge in [-0.2, -0.15) is 0 Å². The lowest BCUT2D eigenvalue weighted by molar-refractivity contribution is -0.154. The molecule has 7 heteroatoms. The van der Waals surface area contributed by atoms with Crippen LogP contribution in [0, 0.1) is 5.92 Å². The maximum atomic E-state index is 12.1. The SMILES string of the molecule is C[C@@H](OC(=O)CNC(=O)c1cccs1)C(=O)N[C@@H]1CCCC[C@@H]1C. The van der Waals surface area contributed by atoms with E-state index in [0.717, 1.165) is 19.3 Å². The van der Waals surface area contributed by atoms with Crippen molar-refractivity contribution in [3.05, 3.63) is 22.4 Å². The van der Waals surface area contributed by atoms with Gasteiger partial charge in [-0.1, -0.05) is 25.8 Å². The molecule has 0 saturated heterocycles. The van der Waals surface area contributed by atoms with Crippen LogP contribution in [0.5, 0.6) is 0 Å². The number of carbonyl (C=O) groups is 3. The lowest BCUT2D eigenvalue weighted by Crippen LogP contribution is -2.46. The summed E-state index contributed by atoms with van der Waals surface area (Å²) < 4.78 is 5.09. The summed E-state index contributed by atoms with van der Waals surface area (Å²) in [5, 5.41) is 7.23. The maximum absolute atomic E-state index is 12.1. The molecule has 1 aromatic heterocycles. The molecule has 0 bridgehead atoms. The van der Waals surface area contributed by atoms with Crippen LogP contribution in [-0.2, 0) is 14.3 Å². The second-order valence-corrected chi connectivity index (χ2v) is 7.12. The molecule has 0 radical (unpaired) electrons. The van der Waals surface area contributed by atoms with Crippen molar-refractivity contribution in [3.8, 4) is 0 Å². The van der Waals surface area contributed by atoms with Gasteiger partial charge in [-0.3, -0.25) is 14.4 Å². The first kappa shape index (κ1) is 18.4. The van der Waals surface area contributed by atoms with E-state index in [4.69, 9.17) is 4.74 Å². The lowest BCUT2D eigenvalue weighted by atomic mass is 9.86. The number of hydrogen-bond acceptors (Lipinski definition) is 5. The Kier molecular flexibility index (Phi) is 6.78. The average molecular weight is 352 g/mol.